The summed E-state index contributed by atoms with van der Waals surface area (Å²) in [5, 5.41) is -1.10. The molecule has 19 heteroatoms. The molecule has 0 bridgehead atoms. The van der Waals surface area contributed by atoms with Crippen LogP contribution in [0.1, 0.15) is 105 Å². The second-order valence-corrected chi connectivity index (χ2v) is 14.8. The molecule has 0 aliphatic rings. The molecule has 0 heterocycles. The molecule has 0 aliphatic carbocycles. The van der Waals surface area contributed by atoms with Crippen molar-refractivity contribution in [3.8, 4) is 5.75 Å². The Labute approximate surface area is 318 Å². The quantitative estimate of drug-likeness (QED) is 0.0768. The largest absolute Gasteiger partial charge is 0.493 e. The molecule has 1 nitrogen and oxygen atoms in total. The van der Waals surface area contributed by atoms with Gasteiger partial charge in [-0.25, -0.2) is 0 Å². The van der Waals surface area contributed by atoms with Gasteiger partial charge in [-0.15, -0.1) is 11.8 Å². The Bertz CT molecular complexity index is 1510. The molecule has 2 aromatic rings. The first kappa shape index (κ1) is 49.5. The Hall–Kier alpha value is -2.60. The van der Waals surface area contributed by atoms with Crippen LogP contribution in [0.25, 0.3) is 0 Å². The molecule has 0 aliphatic heterocycles. The molecule has 0 spiro atoms. The van der Waals surface area contributed by atoms with Crippen LogP contribution in [0.2, 0.25) is 0 Å². The molecule has 322 valence electrons. The first-order valence-corrected chi connectivity index (χ1v) is 18.7. The number of aryl methyl sites for hydroxylation is 2. The molecule has 0 N–H and O–H groups in total. The second kappa shape index (κ2) is 19.0. The summed E-state index contributed by atoms with van der Waals surface area (Å²) in [7, 11) is 0. The van der Waals surface area contributed by atoms with Crippen LogP contribution in [0.4, 0.5) is 74.6 Å². The standard InChI is InChI=1S/C37H43F17OS/c1-4-5-6-7-8-9-10-11-12-16-20-55-28-25(3)22-24(2)23-27(28)29(26-17-14-13-15-18-26)56-21-19-30(38,39)31(40,41)32(42,43)33(44,45)34(46,47)35(48,49)36(50,51)37(52,53)54/h13-15,17-18,22-23,29H,4-12,16,19-21H2,1-3H3. The van der Waals surface area contributed by atoms with Crippen molar-refractivity contribution in [3.63, 3.8) is 0 Å². The number of halogens is 17. The van der Waals surface area contributed by atoms with Gasteiger partial charge < -0.3 is 4.74 Å². The van der Waals surface area contributed by atoms with E-state index < -0.39 is 65.1 Å². The highest BCUT2D eigenvalue weighted by Gasteiger charge is 2.95. The van der Waals surface area contributed by atoms with Gasteiger partial charge in [-0.05, 0) is 31.4 Å². The predicted octanol–water partition coefficient (Wildman–Crippen LogP) is 14.8. The Morgan fingerprint density at radius 1 is 0.554 bits per heavy atom. The molecular formula is C37H43F17OS. The van der Waals surface area contributed by atoms with Gasteiger partial charge in [0.1, 0.15) is 5.75 Å². The lowest BCUT2D eigenvalue weighted by Crippen LogP contribution is -2.74. The first-order chi connectivity index (χ1) is 25.6. The number of thioether (sulfide) groups is 1. The molecule has 0 fully saturated rings. The summed E-state index contributed by atoms with van der Waals surface area (Å²) in [6.07, 6.45) is -0.0495. The fourth-order valence-corrected chi connectivity index (χ4v) is 7.11. The van der Waals surface area contributed by atoms with Crippen molar-refractivity contribution in [1.29, 1.82) is 0 Å². The van der Waals surface area contributed by atoms with Gasteiger partial charge in [-0.1, -0.05) is 113 Å². The second-order valence-electron chi connectivity index (χ2n) is 13.6. The summed E-state index contributed by atoms with van der Waals surface area (Å²) in [5.74, 6) is -57.5. The van der Waals surface area contributed by atoms with Crippen molar-refractivity contribution in [2.24, 2.45) is 0 Å². The normalized spacial score (nSPS) is 14.6. The van der Waals surface area contributed by atoms with Gasteiger partial charge in [-0.2, -0.15) is 74.6 Å². The maximum absolute atomic E-state index is 14.8. The van der Waals surface area contributed by atoms with E-state index >= 15 is 0 Å². The van der Waals surface area contributed by atoms with Crippen LogP contribution in [-0.4, -0.2) is 60.0 Å². The van der Waals surface area contributed by atoms with Crippen molar-refractivity contribution in [2.45, 2.75) is 144 Å². The number of benzene rings is 2. The SMILES string of the molecule is CCCCCCCCCCCCOc1c(C)cc(C)cc1C(SCCC(F)(F)C(F)(F)C(F)(F)C(F)(F)C(F)(F)C(F)(F)C(F)(F)C(F)(F)F)c1ccccc1. The highest BCUT2D eigenvalue weighted by molar-refractivity contribution is 7.99. The molecule has 1 unspecified atom stereocenters. The minimum atomic E-state index is -8.65. The molecule has 0 aromatic heterocycles. The number of unbranched alkanes of at least 4 members (excludes halogenated alkanes) is 9. The zero-order valence-corrected chi connectivity index (χ0v) is 31.4. The molecule has 0 amide bonds. The monoisotopic (exact) mass is 858 g/mol. The Morgan fingerprint density at radius 2 is 1.00 bits per heavy atom. The van der Waals surface area contributed by atoms with Crippen LogP contribution in [-0.2, 0) is 0 Å². The van der Waals surface area contributed by atoms with E-state index in [2.05, 4.69) is 6.92 Å². The summed E-state index contributed by atoms with van der Waals surface area (Å²) >= 11 is 0.378. The van der Waals surface area contributed by atoms with E-state index in [0.717, 1.165) is 44.9 Å². The van der Waals surface area contributed by atoms with Gasteiger partial charge >= 0.3 is 47.6 Å². The van der Waals surface area contributed by atoms with Crippen molar-refractivity contribution >= 4 is 11.8 Å². The fourth-order valence-electron chi connectivity index (χ4n) is 5.79. The maximum atomic E-state index is 14.8. The van der Waals surface area contributed by atoms with Gasteiger partial charge in [0.05, 0.1) is 11.9 Å². The lowest BCUT2D eigenvalue weighted by molar-refractivity contribution is -0.461. The van der Waals surface area contributed by atoms with Crippen molar-refractivity contribution in [3.05, 3.63) is 64.7 Å². The van der Waals surface area contributed by atoms with Crippen molar-refractivity contribution in [1.82, 2.24) is 0 Å². The van der Waals surface area contributed by atoms with E-state index in [0.29, 0.717) is 40.4 Å². The Balaban J connectivity index is 2.33. The third kappa shape index (κ3) is 10.3. The van der Waals surface area contributed by atoms with Crippen LogP contribution in [0.15, 0.2) is 42.5 Å². The average Bonchev–Trinajstić information content (AvgIpc) is 3.09. The van der Waals surface area contributed by atoms with Gasteiger partial charge in [0.25, 0.3) is 0 Å². The smallest absolute Gasteiger partial charge is 0.460 e. The summed E-state index contributed by atoms with van der Waals surface area (Å²) in [4.78, 5) is 0. The lowest BCUT2D eigenvalue weighted by Gasteiger charge is -2.42. The third-order valence-corrected chi connectivity index (χ3v) is 10.4. The topological polar surface area (TPSA) is 9.23 Å². The van der Waals surface area contributed by atoms with E-state index in [4.69, 9.17) is 4.74 Å². The summed E-state index contributed by atoms with van der Waals surface area (Å²) in [6.45, 7) is 5.63. The lowest BCUT2D eigenvalue weighted by atomic mass is 9.88. The molecule has 1 atom stereocenters. The molecule has 2 aromatic carbocycles. The highest BCUT2D eigenvalue weighted by Crippen LogP contribution is 2.64. The van der Waals surface area contributed by atoms with E-state index in [-0.39, 0.29) is 12.4 Å². The van der Waals surface area contributed by atoms with Gasteiger partial charge in [0.2, 0.25) is 0 Å². The van der Waals surface area contributed by atoms with Gasteiger partial charge in [-0.3, -0.25) is 0 Å². The molecule has 0 saturated heterocycles. The zero-order chi connectivity index (χ0) is 43.0. The van der Waals surface area contributed by atoms with Crippen molar-refractivity contribution in [2.75, 3.05) is 12.4 Å². The van der Waals surface area contributed by atoms with Crippen LogP contribution in [0, 0.1) is 13.8 Å². The predicted molar refractivity (Wildman–Crippen MR) is 179 cm³/mol. The van der Waals surface area contributed by atoms with Gasteiger partial charge in [0, 0.05) is 17.7 Å². The minimum Gasteiger partial charge on any atom is -0.493 e. The van der Waals surface area contributed by atoms with Crippen LogP contribution in [0.3, 0.4) is 0 Å². The highest BCUT2D eigenvalue weighted by atomic mass is 32.2. The number of ether oxygens (including phenoxy) is 1. The van der Waals surface area contributed by atoms with Crippen LogP contribution in [0.5, 0.6) is 5.75 Å². The molecule has 2 rings (SSSR count). The Morgan fingerprint density at radius 3 is 1.48 bits per heavy atom. The summed E-state index contributed by atoms with van der Waals surface area (Å²) < 4.78 is 241. The van der Waals surface area contributed by atoms with Gasteiger partial charge in [0.15, 0.2) is 0 Å². The maximum Gasteiger partial charge on any atom is 0.460 e. The Kier molecular flexibility index (Phi) is 16.8. The summed E-state index contributed by atoms with van der Waals surface area (Å²) in [6, 6.07) is 10.8. The van der Waals surface area contributed by atoms with Crippen LogP contribution >= 0.6 is 11.8 Å². The van der Waals surface area contributed by atoms with E-state index in [1.807, 2.05) is 0 Å². The van der Waals surface area contributed by atoms with Crippen molar-refractivity contribution < 1.29 is 79.4 Å². The third-order valence-electron chi connectivity index (χ3n) is 9.06. The fraction of sp³-hybridized carbons (Fsp3) is 0.676. The van der Waals surface area contributed by atoms with Crippen LogP contribution < -0.4 is 4.74 Å². The van der Waals surface area contributed by atoms with E-state index in [9.17, 15) is 74.6 Å². The number of alkyl halides is 17. The summed E-state index contributed by atoms with van der Waals surface area (Å²) in [5.41, 5.74) is 1.79. The molecule has 0 saturated carbocycles. The first-order valence-electron chi connectivity index (χ1n) is 17.7. The minimum absolute atomic E-state index is 0.200. The number of hydrogen-bond donors (Lipinski definition) is 0. The molecular weight excluding hydrogens is 815 g/mol. The molecule has 0 radical (unpaired) electrons. The van der Waals surface area contributed by atoms with E-state index in [1.165, 1.54) is 37.1 Å². The van der Waals surface area contributed by atoms with E-state index in [1.54, 1.807) is 32.0 Å². The number of rotatable bonds is 24. The molecule has 56 heavy (non-hydrogen) atoms. The number of hydrogen-bond acceptors (Lipinski definition) is 2. The zero-order valence-electron chi connectivity index (χ0n) is 30.6. The average molecular weight is 859 g/mol.